The second-order valence-electron chi connectivity index (χ2n) is 6.43. The molecule has 5 nitrogen and oxygen atoms in total. The van der Waals surface area contributed by atoms with Crippen LogP contribution in [0.15, 0.2) is 54.7 Å². The van der Waals surface area contributed by atoms with E-state index in [1.165, 1.54) is 10.6 Å². The van der Waals surface area contributed by atoms with Crippen LogP contribution in [0.2, 0.25) is 5.02 Å². The van der Waals surface area contributed by atoms with Gasteiger partial charge in [0.1, 0.15) is 0 Å². The Kier molecular flexibility index (Phi) is 5.91. The van der Waals surface area contributed by atoms with Crippen LogP contribution in [0.4, 0.5) is 5.69 Å². The molecule has 1 N–H and O–H groups in total. The van der Waals surface area contributed by atoms with Crippen LogP contribution < -0.4 is 5.06 Å². The monoisotopic (exact) mass is 406 g/mol. The number of anilines is 1. The van der Waals surface area contributed by atoms with Gasteiger partial charge in [-0.1, -0.05) is 43.6 Å². The van der Waals surface area contributed by atoms with Crippen molar-refractivity contribution in [3.05, 3.63) is 65.3 Å². The summed E-state index contributed by atoms with van der Waals surface area (Å²) in [6, 6.07) is 15.9. The Morgan fingerprint density at radius 1 is 1.15 bits per heavy atom. The summed E-state index contributed by atoms with van der Waals surface area (Å²) in [4.78, 5) is 0. The highest BCUT2D eigenvalue weighted by Gasteiger charge is 2.31. The zero-order valence-corrected chi connectivity index (χ0v) is 17.1. The molecule has 3 aromatic rings. The Morgan fingerprint density at radius 3 is 2.41 bits per heavy atom. The van der Waals surface area contributed by atoms with Crippen molar-refractivity contribution >= 4 is 39.6 Å². The molecule has 3 rings (SSSR count). The van der Waals surface area contributed by atoms with Crippen LogP contribution in [0.3, 0.4) is 0 Å². The summed E-state index contributed by atoms with van der Waals surface area (Å²) in [5.41, 5.74) is 2.74. The molecule has 0 amide bonds. The fraction of sp³-hybridized carbons (Fsp3) is 0.300. The van der Waals surface area contributed by atoms with Crippen LogP contribution in [0.1, 0.15) is 32.3 Å². The minimum Gasteiger partial charge on any atom is -0.337 e. The minimum atomic E-state index is -2.38. The Balaban J connectivity index is 2.17. The summed E-state index contributed by atoms with van der Waals surface area (Å²) < 4.78 is 27.3. The van der Waals surface area contributed by atoms with Gasteiger partial charge in [-0.05, 0) is 48.7 Å². The van der Waals surface area contributed by atoms with E-state index in [4.69, 9.17) is 20.4 Å². The summed E-state index contributed by atoms with van der Waals surface area (Å²) >= 11 is 3.72. The Labute approximate surface area is 166 Å². The van der Waals surface area contributed by atoms with E-state index in [2.05, 4.69) is 42.8 Å². The predicted molar refractivity (Wildman–Crippen MR) is 111 cm³/mol. The number of benzene rings is 2. The fourth-order valence-electron chi connectivity index (χ4n) is 3.83. The molecule has 0 aliphatic rings. The third kappa shape index (κ3) is 3.62. The van der Waals surface area contributed by atoms with Crippen LogP contribution in [-0.4, -0.2) is 20.4 Å². The van der Waals surface area contributed by atoms with Crippen molar-refractivity contribution in [3.63, 3.8) is 0 Å². The molecule has 27 heavy (non-hydrogen) atoms. The molecule has 1 aromatic heterocycles. The van der Waals surface area contributed by atoms with Gasteiger partial charge >= 0.3 is 11.4 Å². The van der Waals surface area contributed by atoms with Crippen molar-refractivity contribution in [1.82, 2.24) is 4.57 Å². The zero-order chi connectivity index (χ0) is 19.6. The average molecular weight is 407 g/mol. The molecule has 0 aliphatic heterocycles. The number of rotatable bonds is 7. The van der Waals surface area contributed by atoms with Crippen molar-refractivity contribution in [1.29, 1.82) is 0 Å². The lowest BCUT2D eigenvalue weighted by Crippen LogP contribution is -2.33. The molecular weight excluding hydrogens is 384 g/mol. The van der Waals surface area contributed by atoms with Gasteiger partial charge in [0.05, 0.1) is 16.7 Å². The van der Waals surface area contributed by atoms with E-state index in [1.807, 2.05) is 30.3 Å². The van der Waals surface area contributed by atoms with Crippen molar-refractivity contribution < 1.29 is 13.0 Å². The lowest BCUT2D eigenvalue weighted by Gasteiger charge is -2.35. The van der Waals surface area contributed by atoms with Crippen LogP contribution >= 0.6 is 11.6 Å². The normalized spacial score (nSPS) is 13.1. The van der Waals surface area contributed by atoms with Crippen LogP contribution in [0.5, 0.6) is 0 Å². The first kappa shape index (κ1) is 19.9. The maximum atomic E-state index is 11.0. The van der Waals surface area contributed by atoms with Crippen molar-refractivity contribution in [2.45, 2.75) is 32.2 Å². The number of hydrogen-bond acceptors (Lipinski definition) is 3. The second kappa shape index (κ2) is 8.02. The molecule has 144 valence electrons. The molecule has 1 unspecified atom stereocenters. The van der Waals surface area contributed by atoms with Gasteiger partial charge in [0.15, 0.2) is 0 Å². The Morgan fingerprint density at radius 2 is 1.81 bits per heavy atom. The van der Waals surface area contributed by atoms with E-state index >= 15 is 0 Å². The molecule has 0 saturated carbocycles. The van der Waals surface area contributed by atoms with E-state index in [0.29, 0.717) is 0 Å². The van der Waals surface area contributed by atoms with E-state index in [1.54, 1.807) is 7.05 Å². The highest BCUT2D eigenvalue weighted by atomic mass is 35.5. The number of nitrogens with zero attached hydrogens (tertiary/aromatic N) is 2. The average Bonchev–Trinajstić information content (AvgIpc) is 3.09. The first-order chi connectivity index (χ1) is 12.9. The lowest BCUT2D eigenvalue weighted by molar-refractivity contribution is 0.296. The molecule has 7 heteroatoms. The summed E-state index contributed by atoms with van der Waals surface area (Å²) in [5.74, 6) is 0. The molecule has 0 saturated heterocycles. The van der Waals surface area contributed by atoms with Gasteiger partial charge in [-0.3, -0.25) is 4.55 Å². The number of hydroxylamine groups is 1. The van der Waals surface area contributed by atoms with Gasteiger partial charge in [-0.25, -0.2) is 5.06 Å². The number of fused-ring (bicyclic) bond motifs is 1. The molecule has 1 heterocycles. The summed E-state index contributed by atoms with van der Waals surface area (Å²) in [6.07, 6.45) is 3.89. The molecular formula is C20H23ClN2O3S. The Bertz CT molecular complexity index is 952. The molecule has 0 radical (unpaired) electrons. The fourth-order valence-corrected chi connectivity index (χ4v) is 4.23. The van der Waals surface area contributed by atoms with Gasteiger partial charge in [0, 0.05) is 23.7 Å². The van der Waals surface area contributed by atoms with E-state index in [-0.39, 0.29) is 5.54 Å². The molecule has 1 atom stereocenters. The second-order valence-corrected chi connectivity index (χ2v) is 7.45. The molecule has 0 spiro atoms. The molecule has 2 aromatic carbocycles. The van der Waals surface area contributed by atoms with Crippen molar-refractivity contribution in [2.24, 2.45) is 0 Å². The van der Waals surface area contributed by atoms with Gasteiger partial charge in [-0.15, -0.1) is 4.28 Å². The summed E-state index contributed by atoms with van der Waals surface area (Å²) in [5, 5.41) is 2.99. The van der Waals surface area contributed by atoms with Gasteiger partial charge in [-0.2, -0.15) is 4.21 Å². The number of halogens is 1. The van der Waals surface area contributed by atoms with Crippen LogP contribution in [0, 0.1) is 0 Å². The number of hydrogen-bond donors (Lipinski definition) is 1. The minimum absolute atomic E-state index is 0.218. The first-order valence-electron chi connectivity index (χ1n) is 8.82. The van der Waals surface area contributed by atoms with E-state index in [0.717, 1.165) is 34.5 Å². The Hall–Kier alpha value is -1.86. The van der Waals surface area contributed by atoms with Crippen LogP contribution in [-0.2, 0) is 21.2 Å². The largest absolute Gasteiger partial charge is 0.337 e. The standard InChI is InChI=1S/C20H23ClN2O3S/c1-4-20(5-2,15-9-11-16(21)12-10-15)23-14-13-17-18(7-6-8-19(17)23)22(3)26-27(24)25/h6-14H,4-5H2,1-3H3,(H,24,25). The number of aromatic nitrogens is 1. The lowest BCUT2D eigenvalue weighted by atomic mass is 9.84. The van der Waals surface area contributed by atoms with Crippen molar-refractivity contribution in [2.75, 3.05) is 12.1 Å². The molecule has 0 fully saturated rings. The quantitative estimate of drug-likeness (QED) is 0.423. The third-order valence-corrected chi connectivity index (χ3v) is 5.84. The smallest absolute Gasteiger partial charge is 0.325 e. The van der Waals surface area contributed by atoms with Crippen LogP contribution in [0.25, 0.3) is 10.9 Å². The van der Waals surface area contributed by atoms with E-state index in [9.17, 15) is 4.21 Å². The van der Waals surface area contributed by atoms with Gasteiger partial charge in [0.25, 0.3) is 0 Å². The SMILES string of the molecule is CCC(CC)(c1ccc(Cl)cc1)n1ccc2c(N(C)OS(=O)O)cccc21. The van der Waals surface area contributed by atoms with Gasteiger partial charge in [0.2, 0.25) is 0 Å². The van der Waals surface area contributed by atoms with Crippen molar-refractivity contribution in [3.8, 4) is 0 Å². The van der Waals surface area contributed by atoms with Gasteiger partial charge < -0.3 is 4.57 Å². The van der Waals surface area contributed by atoms with E-state index < -0.39 is 11.4 Å². The first-order valence-corrected chi connectivity index (χ1v) is 10.2. The summed E-state index contributed by atoms with van der Waals surface area (Å²) in [6.45, 7) is 4.36. The third-order valence-electron chi connectivity index (χ3n) is 5.24. The maximum absolute atomic E-state index is 11.0. The highest BCUT2D eigenvalue weighted by molar-refractivity contribution is 7.74. The highest BCUT2D eigenvalue weighted by Crippen LogP contribution is 2.39. The predicted octanol–water partition coefficient (Wildman–Crippen LogP) is 5.36. The zero-order valence-electron chi connectivity index (χ0n) is 15.6. The summed E-state index contributed by atoms with van der Waals surface area (Å²) in [7, 11) is 1.62. The maximum Gasteiger partial charge on any atom is 0.325 e. The topological polar surface area (TPSA) is 54.7 Å². The molecule has 0 aliphatic carbocycles. The molecule has 0 bridgehead atoms.